The summed E-state index contributed by atoms with van der Waals surface area (Å²) in [5, 5.41) is 9.89. The standard InChI is InChI=1S/C16H26O2/c1-10-3-6-14-13(15(10)18)5-4-11-9-12(17)7-8-16(11,14)2/h10-14,17H,3-9H2,1-2H3/t10?,11-,12?,13?,14?,16?/m1/s1. The van der Waals surface area contributed by atoms with Gasteiger partial charge in [-0.25, -0.2) is 0 Å². The van der Waals surface area contributed by atoms with Crippen LogP contribution in [0.3, 0.4) is 0 Å². The highest BCUT2D eigenvalue weighted by molar-refractivity contribution is 5.84. The minimum absolute atomic E-state index is 0.0853. The Kier molecular flexibility index (Phi) is 3.04. The van der Waals surface area contributed by atoms with Crippen molar-refractivity contribution in [2.75, 3.05) is 0 Å². The fraction of sp³-hybridized carbons (Fsp3) is 0.938. The van der Waals surface area contributed by atoms with Gasteiger partial charge in [0.2, 0.25) is 0 Å². The summed E-state index contributed by atoms with van der Waals surface area (Å²) >= 11 is 0. The van der Waals surface area contributed by atoms with Gasteiger partial charge in [-0.3, -0.25) is 4.79 Å². The van der Waals surface area contributed by atoms with E-state index < -0.39 is 0 Å². The number of rotatable bonds is 0. The molecule has 2 heteroatoms. The van der Waals surface area contributed by atoms with E-state index in [1.54, 1.807) is 0 Å². The lowest BCUT2D eigenvalue weighted by Crippen LogP contribution is -2.52. The van der Waals surface area contributed by atoms with Gasteiger partial charge in [0.1, 0.15) is 5.78 Å². The molecule has 3 rings (SSSR count). The van der Waals surface area contributed by atoms with Gasteiger partial charge in [-0.05, 0) is 62.2 Å². The molecular formula is C16H26O2. The van der Waals surface area contributed by atoms with Gasteiger partial charge in [0, 0.05) is 11.8 Å². The molecule has 0 aliphatic heterocycles. The number of hydrogen-bond donors (Lipinski definition) is 1. The first kappa shape index (κ1) is 12.7. The molecule has 18 heavy (non-hydrogen) atoms. The van der Waals surface area contributed by atoms with Gasteiger partial charge in [0.15, 0.2) is 0 Å². The summed E-state index contributed by atoms with van der Waals surface area (Å²) < 4.78 is 0. The predicted octanol–water partition coefficient (Wildman–Crippen LogP) is 3.18. The van der Waals surface area contributed by atoms with E-state index in [-0.39, 0.29) is 6.10 Å². The van der Waals surface area contributed by atoms with E-state index in [2.05, 4.69) is 13.8 Å². The second-order valence-corrected chi connectivity index (χ2v) is 7.30. The van der Waals surface area contributed by atoms with Crippen molar-refractivity contribution in [3.63, 3.8) is 0 Å². The van der Waals surface area contributed by atoms with E-state index in [0.717, 1.165) is 38.5 Å². The molecule has 3 aliphatic carbocycles. The Bertz CT molecular complexity index is 351. The van der Waals surface area contributed by atoms with Crippen LogP contribution in [0, 0.1) is 29.1 Å². The number of hydrogen-bond acceptors (Lipinski definition) is 2. The maximum Gasteiger partial charge on any atom is 0.139 e. The van der Waals surface area contributed by atoms with Crippen molar-refractivity contribution in [2.45, 2.75) is 64.9 Å². The molecule has 6 atom stereocenters. The molecule has 102 valence electrons. The minimum atomic E-state index is -0.0853. The lowest BCUT2D eigenvalue weighted by molar-refractivity contribution is -0.144. The zero-order valence-corrected chi connectivity index (χ0v) is 11.7. The molecular weight excluding hydrogens is 224 g/mol. The Balaban J connectivity index is 1.86. The summed E-state index contributed by atoms with van der Waals surface area (Å²) in [5.41, 5.74) is 0.331. The Morgan fingerprint density at radius 1 is 1.17 bits per heavy atom. The second-order valence-electron chi connectivity index (χ2n) is 7.30. The first-order valence-electron chi connectivity index (χ1n) is 7.74. The van der Waals surface area contributed by atoms with Crippen LogP contribution in [0.2, 0.25) is 0 Å². The van der Waals surface area contributed by atoms with Crippen LogP contribution in [-0.2, 0) is 4.79 Å². The monoisotopic (exact) mass is 250 g/mol. The van der Waals surface area contributed by atoms with Crippen molar-refractivity contribution in [2.24, 2.45) is 29.1 Å². The summed E-state index contributed by atoms with van der Waals surface area (Å²) in [5.74, 6) is 2.43. The van der Waals surface area contributed by atoms with Crippen molar-refractivity contribution in [1.82, 2.24) is 0 Å². The largest absolute Gasteiger partial charge is 0.393 e. The van der Waals surface area contributed by atoms with E-state index in [0.29, 0.717) is 34.9 Å². The third-order valence-electron chi connectivity index (χ3n) is 6.43. The van der Waals surface area contributed by atoms with Crippen LogP contribution >= 0.6 is 0 Å². The molecule has 0 radical (unpaired) electrons. The minimum Gasteiger partial charge on any atom is -0.393 e. The van der Waals surface area contributed by atoms with E-state index in [4.69, 9.17) is 0 Å². The lowest BCUT2D eigenvalue weighted by atomic mass is 9.48. The smallest absolute Gasteiger partial charge is 0.139 e. The fourth-order valence-corrected chi connectivity index (χ4v) is 5.18. The lowest BCUT2D eigenvalue weighted by Gasteiger charge is -2.56. The van der Waals surface area contributed by atoms with Gasteiger partial charge in [0.25, 0.3) is 0 Å². The highest BCUT2D eigenvalue weighted by Crippen LogP contribution is 2.58. The molecule has 3 saturated carbocycles. The normalized spacial score (nSPS) is 52.6. The van der Waals surface area contributed by atoms with Crippen LogP contribution in [0.15, 0.2) is 0 Å². The van der Waals surface area contributed by atoms with Crippen molar-refractivity contribution in [1.29, 1.82) is 0 Å². The van der Waals surface area contributed by atoms with Crippen LogP contribution in [0.1, 0.15) is 58.8 Å². The molecule has 0 saturated heterocycles. The molecule has 0 amide bonds. The molecule has 0 spiro atoms. The number of aliphatic hydroxyl groups excluding tert-OH is 1. The number of aliphatic hydroxyl groups is 1. The molecule has 0 aromatic heterocycles. The van der Waals surface area contributed by atoms with Crippen molar-refractivity contribution in [3.8, 4) is 0 Å². The Labute approximate surface area is 110 Å². The van der Waals surface area contributed by atoms with Crippen molar-refractivity contribution < 1.29 is 9.90 Å². The Morgan fingerprint density at radius 2 is 1.94 bits per heavy atom. The summed E-state index contributed by atoms with van der Waals surface area (Å²) in [6.45, 7) is 4.52. The third-order valence-corrected chi connectivity index (χ3v) is 6.43. The summed E-state index contributed by atoms with van der Waals surface area (Å²) in [7, 11) is 0. The third kappa shape index (κ3) is 1.76. The summed E-state index contributed by atoms with van der Waals surface area (Å²) in [4.78, 5) is 12.4. The summed E-state index contributed by atoms with van der Waals surface area (Å²) in [6.07, 6.45) is 7.53. The second kappa shape index (κ2) is 4.33. The van der Waals surface area contributed by atoms with Gasteiger partial charge in [-0.15, -0.1) is 0 Å². The Morgan fingerprint density at radius 3 is 2.72 bits per heavy atom. The number of Topliss-reactive ketones (excluding diaryl/α,β-unsaturated/α-hetero) is 1. The highest BCUT2D eigenvalue weighted by atomic mass is 16.3. The molecule has 0 aromatic carbocycles. The van der Waals surface area contributed by atoms with Gasteiger partial charge in [0.05, 0.1) is 6.10 Å². The average Bonchev–Trinajstić information content (AvgIpc) is 2.34. The number of carbonyl (C=O) groups excluding carboxylic acids is 1. The predicted molar refractivity (Wildman–Crippen MR) is 71.1 cm³/mol. The van der Waals surface area contributed by atoms with Crippen molar-refractivity contribution >= 4 is 5.78 Å². The SMILES string of the molecule is CC1CCC2C(CC[C@@H]3CC(O)CCC23C)C1=O. The molecule has 2 nitrogen and oxygen atoms in total. The molecule has 3 fully saturated rings. The van der Waals surface area contributed by atoms with Crippen LogP contribution in [0.25, 0.3) is 0 Å². The highest BCUT2D eigenvalue weighted by Gasteiger charge is 2.53. The van der Waals surface area contributed by atoms with Gasteiger partial charge in [-0.2, -0.15) is 0 Å². The van der Waals surface area contributed by atoms with Crippen molar-refractivity contribution in [3.05, 3.63) is 0 Å². The van der Waals surface area contributed by atoms with Crippen LogP contribution in [-0.4, -0.2) is 17.0 Å². The number of ketones is 1. The zero-order valence-electron chi connectivity index (χ0n) is 11.7. The van der Waals surface area contributed by atoms with Crippen LogP contribution < -0.4 is 0 Å². The van der Waals surface area contributed by atoms with Gasteiger partial charge < -0.3 is 5.11 Å². The molecule has 0 aromatic rings. The fourth-order valence-electron chi connectivity index (χ4n) is 5.18. The quantitative estimate of drug-likeness (QED) is 0.717. The van der Waals surface area contributed by atoms with E-state index in [1.165, 1.54) is 6.42 Å². The number of fused-ring (bicyclic) bond motifs is 3. The molecule has 3 aliphatic rings. The molecule has 5 unspecified atom stereocenters. The van der Waals surface area contributed by atoms with E-state index >= 15 is 0 Å². The number of carbonyl (C=O) groups is 1. The molecule has 0 heterocycles. The summed E-state index contributed by atoms with van der Waals surface area (Å²) in [6, 6.07) is 0. The van der Waals surface area contributed by atoms with Gasteiger partial charge in [-0.1, -0.05) is 13.8 Å². The topological polar surface area (TPSA) is 37.3 Å². The Hall–Kier alpha value is -0.370. The van der Waals surface area contributed by atoms with Crippen LogP contribution in [0.5, 0.6) is 0 Å². The van der Waals surface area contributed by atoms with E-state index in [1.807, 2.05) is 0 Å². The molecule has 1 N–H and O–H groups in total. The zero-order chi connectivity index (χ0) is 12.9. The maximum atomic E-state index is 12.4. The molecule has 0 bridgehead atoms. The van der Waals surface area contributed by atoms with Gasteiger partial charge >= 0.3 is 0 Å². The first-order valence-corrected chi connectivity index (χ1v) is 7.74. The average molecular weight is 250 g/mol. The maximum absolute atomic E-state index is 12.4. The van der Waals surface area contributed by atoms with Crippen LogP contribution in [0.4, 0.5) is 0 Å². The first-order chi connectivity index (χ1) is 8.52. The van der Waals surface area contributed by atoms with E-state index in [9.17, 15) is 9.90 Å².